The third-order valence-corrected chi connectivity index (χ3v) is 9.73. The van der Waals surface area contributed by atoms with Crippen LogP contribution in [0.15, 0.2) is 134 Å². The van der Waals surface area contributed by atoms with Gasteiger partial charge in [0, 0.05) is 46.3 Å². The Morgan fingerprint density at radius 1 is 0.596 bits per heavy atom. The Balaban J connectivity index is 1.14. The Morgan fingerprint density at radius 3 is 1.84 bits per heavy atom. The number of phenols is 2. The van der Waals surface area contributed by atoms with E-state index in [2.05, 4.69) is 0 Å². The number of hydrogen-bond acceptors (Lipinski definition) is 13. The summed E-state index contributed by atoms with van der Waals surface area (Å²) in [7, 11) is 0. The van der Waals surface area contributed by atoms with Crippen molar-refractivity contribution in [1.82, 2.24) is 0 Å². The largest absolute Gasteiger partial charge is 0.508 e. The quantitative estimate of drug-likeness (QED) is 0.140. The van der Waals surface area contributed by atoms with Crippen LogP contribution in [-0.2, 0) is 24.2 Å². The molecule has 1 aliphatic rings. The van der Waals surface area contributed by atoms with E-state index >= 15 is 0 Å². The smallest absolute Gasteiger partial charge is 0.339 e. The van der Waals surface area contributed by atoms with Crippen molar-refractivity contribution in [2.75, 3.05) is 6.61 Å². The summed E-state index contributed by atoms with van der Waals surface area (Å²) in [5.41, 5.74) is 1.62. The van der Waals surface area contributed by atoms with Crippen LogP contribution in [0.4, 0.5) is 0 Å². The van der Waals surface area contributed by atoms with Gasteiger partial charge in [-0.1, -0.05) is 6.07 Å². The van der Waals surface area contributed by atoms with Crippen molar-refractivity contribution < 1.29 is 42.1 Å². The summed E-state index contributed by atoms with van der Waals surface area (Å²) < 4.78 is 40.7. The number of benzene rings is 4. The molecule has 13 nitrogen and oxygen atoms in total. The fourth-order valence-corrected chi connectivity index (χ4v) is 7.21. The molecule has 2 N–H and O–H groups in total. The van der Waals surface area contributed by atoms with Crippen molar-refractivity contribution in [3.63, 3.8) is 0 Å². The van der Waals surface area contributed by atoms with E-state index in [9.17, 15) is 29.4 Å². The third kappa shape index (κ3) is 6.80. The topological polar surface area (TPSA) is 189 Å². The summed E-state index contributed by atoms with van der Waals surface area (Å²) in [5.74, 6) is 1.03. The van der Waals surface area contributed by atoms with Crippen LogP contribution in [0.1, 0.15) is 46.6 Å². The van der Waals surface area contributed by atoms with Gasteiger partial charge >= 0.3 is 22.5 Å². The van der Waals surface area contributed by atoms with E-state index in [-0.39, 0.29) is 47.9 Å². The molecule has 8 aromatic rings. The summed E-state index contributed by atoms with van der Waals surface area (Å²) in [6, 6.07) is 24.7. The Hall–Kier alpha value is -7.38. The van der Waals surface area contributed by atoms with Crippen molar-refractivity contribution >= 4 is 32.9 Å². The van der Waals surface area contributed by atoms with Crippen LogP contribution < -0.4 is 32.0 Å². The molecule has 9 rings (SSSR count). The number of hydrogen-bond donors (Lipinski definition) is 2. The summed E-state index contributed by atoms with van der Waals surface area (Å²) in [6.07, 6.45) is -0.964. The van der Waals surface area contributed by atoms with E-state index in [1.165, 1.54) is 54.6 Å². The first kappa shape index (κ1) is 35.3. The second-order valence-corrected chi connectivity index (χ2v) is 13.5. The molecular weight excluding hydrogens is 736 g/mol. The summed E-state index contributed by atoms with van der Waals surface area (Å²) in [5, 5.41) is 22.0. The molecule has 1 aliphatic heterocycles. The minimum atomic E-state index is -1.15. The highest BCUT2D eigenvalue weighted by Gasteiger charge is 2.31. The van der Waals surface area contributed by atoms with Crippen molar-refractivity contribution in [1.29, 1.82) is 0 Å². The molecule has 0 radical (unpaired) electrons. The average molecular weight is 767 g/mol. The van der Waals surface area contributed by atoms with Crippen LogP contribution in [0, 0.1) is 0 Å². The molecule has 1 unspecified atom stereocenters. The molecule has 57 heavy (non-hydrogen) atoms. The third-order valence-electron chi connectivity index (χ3n) is 9.73. The summed E-state index contributed by atoms with van der Waals surface area (Å²) in [4.78, 5) is 51.3. The predicted molar refractivity (Wildman–Crippen MR) is 206 cm³/mol. The Labute approximate surface area is 320 Å². The summed E-state index contributed by atoms with van der Waals surface area (Å²) in [6.45, 7) is 2.17. The van der Waals surface area contributed by atoms with Crippen LogP contribution in [0.25, 0.3) is 44.2 Å². The van der Waals surface area contributed by atoms with Gasteiger partial charge in [-0.2, -0.15) is 0 Å². The maximum Gasteiger partial charge on any atom is 0.339 e. The van der Waals surface area contributed by atoms with E-state index in [0.29, 0.717) is 73.2 Å². The fourth-order valence-electron chi connectivity index (χ4n) is 7.21. The zero-order valence-corrected chi connectivity index (χ0v) is 30.0. The van der Waals surface area contributed by atoms with Gasteiger partial charge in [0.1, 0.15) is 39.7 Å². The van der Waals surface area contributed by atoms with E-state index in [0.717, 1.165) is 5.56 Å². The van der Waals surface area contributed by atoms with E-state index in [1.807, 2.05) is 6.92 Å². The number of ether oxygens (including phenoxy) is 3. The van der Waals surface area contributed by atoms with Gasteiger partial charge in [-0.15, -0.1) is 0 Å². The van der Waals surface area contributed by atoms with Crippen molar-refractivity contribution in [2.45, 2.75) is 32.7 Å². The van der Waals surface area contributed by atoms with E-state index in [1.54, 1.807) is 42.5 Å². The summed E-state index contributed by atoms with van der Waals surface area (Å²) >= 11 is 0. The molecule has 284 valence electrons. The number of phenolic OH excluding ortho intramolecular Hbond substituents is 2. The first-order valence-corrected chi connectivity index (χ1v) is 17.9. The predicted octanol–water partition coefficient (Wildman–Crippen LogP) is 7.23. The van der Waals surface area contributed by atoms with Crippen LogP contribution in [0.5, 0.6) is 23.0 Å². The van der Waals surface area contributed by atoms with Gasteiger partial charge in [0.05, 0.1) is 24.3 Å². The highest BCUT2D eigenvalue weighted by Crippen LogP contribution is 2.44. The van der Waals surface area contributed by atoms with Crippen LogP contribution >= 0.6 is 0 Å². The lowest BCUT2D eigenvalue weighted by molar-refractivity contribution is -0.0952. The molecule has 0 saturated carbocycles. The lowest BCUT2D eigenvalue weighted by atomic mass is 9.95. The maximum atomic E-state index is 13.8. The van der Waals surface area contributed by atoms with E-state index in [4.69, 9.17) is 31.9 Å². The lowest BCUT2D eigenvalue weighted by Gasteiger charge is -2.28. The highest BCUT2D eigenvalue weighted by molar-refractivity contribution is 5.84. The van der Waals surface area contributed by atoms with Gasteiger partial charge in [0.2, 0.25) is 6.29 Å². The van der Waals surface area contributed by atoms with E-state index < -0.39 is 28.8 Å². The maximum absolute atomic E-state index is 13.8. The van der Waals surface area contributed by atoms with Crippen molar-refractivity contribution in [2.24, 2.45) is 0 Å². The number of fused-ring (bicyclic) bond motifs is 6. The normalized spacial score (nSPS) is 13.4. The molecule has 1 atom stereocenters. The number of aromatic hydroxyl groups is 2. The average Bonchev–Trinajstić information content (AvgIpc) is 3.18. The van der Waals surface area contributed by atoms with Gasteiger partial charge in [-0.05, 0) is 108 Å². The molecule has 4 aromatic carbocycles. The molecule has 13 heteroatoms. The molecule has 0 spiro atoms. The zero-order chi connectivity index (χ0) is 39.4. The fraction of sp³-hybridized carbons (Fsp3) is 0.136. The van der Waals surface area contributed by atoms with Gasteiger partial charge in [0.15, 0.2) is 5.76 Å². The lowest BCUT2D eigenvalue weighted by Crippen LogP contribution is -2.21. The van der Waals surface area contributed by atoms with Crippen LogP contribution in [-0.4, -0.2) is 16.8 Å². The molecule has 0 saturated heterocycles. The Morgan fingerprint density at radius 2 is 1.19 bits per heavy atom. The minimum Gasteiger partial charge on any atom is -0.508 e. The molecular formula is C44H30O13. The Kier molecular flexibility index (Phi) is 8.70. The minimum absolute atomic E-state index is 0.00858. The molecule has 0 amide bonds. The molecule has 0 aliphatic carbocycles. The first-order valence-electron chi connectivity index (χ1n) is 17.9. The van der Waals surface area contributed by atoms with Gasteiger partial charge in [0.25, 0.3) is 0 Å². The van der Waals surface area contributed by atoms with Crippen LogP contribution in [0.3, 0.4) is 0 Å². The Bertz CT molecular complexity index is 3150. The highest BCUT2D eigenvalue weighted by atomic mass is 16.7. The van der Waals surface area contributed by atoms with Crippen molar-refractivity contribution in [3.8, 4) is 34.3 Å². The second-order valence-electron chi connectivity index (χ2n) is 13.5. The first-order chi connectivity index (χ1) is 27.6. The molecule has 4 aromatic heterocycles. The molecule has 0 bridgehead atoms. The van der Waals surface area contributed by atoms with Gasteiger partial charge < -0.3 is 42.1 Å². The van der Waals surface area contributed by atoms with Gasteiger partial charge in [-0.25, -0.2) is 19.2 Å². The van der Waals surface area contributed by atoms with Crippen LogP contribution in [0.2, 0.25) is 0 Å². The SMILES string of the molecule is CCOc1ccc2oc(=O)cc(COC3Oc4ccc(Cc5cc(=O)oc6ccc(O)cc56)cc4-c4oc(=O)c(Cc5cc(=O)oc6ccc(O)cc56)cc43)c2c1. The molecule has 0 fully saturated rings. The second kappa shape index (κ2) is 14.0. The van der Waals surface area contributed by atoms with Crippen molar-refractivity contribution in [3.05, 3.63) is 172 Å². The standard InChI is InChI=1S/C44H30O13/c1-2-51-29-6-10-37-32(20-29)26(17-41(49)55-37)21-52-44-34-14-25(13-24-16-40(48)54-36-9-5-28(46)19-31(24)36)43(50)57-42(34)33-12-22(3-7-38(33)56-44)11-23-15-39(47)53-35-8-4-27(45)18-30(23)35/h3-10,12,14-20,44-46H,2,11,13,21H2,1H3. The molecule has 5 heterocycles. The zero-order valence-electron chi connectivity index (χ0n) is 30.0. The number of rotatable bonds is 9. The van der Waals surface area contributed by atoms with Gasteiger partial charge in [-0.3, -0.25) is 0 Å². The monoisotopic (exact) mass is 766 g/mol.